The molecule has 2 rings (SSSR count). The lowest BCUT2D eigenvalue weighted by molar-refractivity contribution is 0.267. The molecule has 1 aliphatic rings. The first-order valence-electron chi connectivity index (χ1n) is 7.26. The fourth-order valence-electron chi connectivity index (χ4n) is 2.67. The van der Waals surface area contributed by atoms with Gasteiger partial charge in [0.15, 0.2) is 0 Å². The monoisotopic (exact) mass is 250 g/mol. The van der Waals surface area contributed by atoms with Crippen LogP contribution in [0.25, 0.3) is 0 Å². The van der Waals surface area contributed by atoms with Crippen molar-refractivity contribution in [3.63, 3.8) is 0 Å². The van der Waals surface area contributed by atoms with Gasteiger partial charge in [-0.3, -0.25) is 0 Å². The molecule has 0 amide bonds. The van der Waals surface area contributed by atoms with Crippen molar-refractivity contribution < 1.29 is 0 Å². The van der Waals surface area contributed by atoms with E-state index < -0.39 is 0 Å². The molecule has 1 saturated carbocycles. The molecule has 0 aliphatic heterocycles. The highest BCUT2D eigenvalue weighted by Gasteiger charge is 2.22. The van der Waals surface area contributed by atoms with Crippen LogP contribution in [-0.4, -0.2) is 21.3 Å². The Hall–Kier alpha value is -0.900. The van der Waals surface area contributed by atoms with Gasteiger partial charge in [-0.2, -0.15) is 5.10 Å². The van der Waals surface area contributed by atoms with E-state index in [0.717, 1.165) is 24.8 Å². The number of hydrogen-bond donors (Lipinski definition) is 1. The van der Waals surface area contributed by atoms with Gasteiger partial charge in [0.2, 0.25) is 0 Å². The molecular formula is C14H26N4. The first kappa shape index (κ1) is 13.5. The zero-order valence-electron chi connectivity index (χ0n) is 11.9. The van der Waals surface area contributed by atoms with Crippen LogP contribution in [0.5, 0.6) is 0 Å². The summed E-state index contributed by atoms with van der Waals surface area (Å²) in [6.07, 6.45) is 6.85. The van der Waals surface area contributed by atoms with E-state index in [1.54, 1.807) is 6.33 Å². The van der Waals surface area contributed by atoms with Crippen molar-refractivity contribution in [1.29, 1.82) is 0 Å². The van der Waals surface area contributed by atoms with Gasteiger partial charge in [-0.15, -0.1) is 0 Å². The summed E-state index contributed by atoms with van der Waals surface area (Å²) in [6, 6.07) is 0.569. The predicted octanol–water partition coefficient (Wildman–Crippen LogP) is 2.77. The lowest BCUT2D eigenvalue weighted by atomic mass is 9.87. The third-order valence-corrected chi connectivity index (χ3v) is 3.81. The first-order chi connectivity index (χ1) is 8.66. The Balaban J connectivity index is 1.90. The van der Waals surface area contributed by atoms with Crippen LogP contribution in [0.4, 0.5) is 0 Å². The maximum atomic E-state index is 4.43. The summed E-state index contributed by atoms with van der Waals surface area (Å²) in [4.78, 5) is 4.40. The maximum absolute atomic E-state index is 4.43. The van der Waals surface area contributed by atoms with E-state index in [1.807, 2.05) is 0 Å². The molecule has 1 aromatic rings. The molecule has 1 aromatic heterocycles. The average Bonchev–Trinajstić information content (AvgIpc) is 2.78. The van der Waals surface area contributed by atoms with E-state index in [4.69, 9.17) is 0 Å². The third kappa shape index (κ3) is 3.55. The quantitative estimate of drug-likeness (QED) is 0.874. The molecule has 1 heterocycles. The minimum Gasteiger partial charge on any atom is -0.310 e. The van der Waals surface area contributed by atoms with Crippen molar-refractivity contribution in [2.24, 2.45) is 11.8 Å². The fraction of sp³-hybridized carbons (Fsp3) is 0.857. The summed E-state index contributed by atoms with van der Waals surface area (Å²) < 4.78 is 2.15. The van der Waals surface area contributed by atoms with E-state index in [2.05, 4.69) is 40.9 Å². The molecule has 0 bridgehead atoms. The molecule has 18 heavy (non-hydrogen) atoms. The molecule has 0 radical (unpaired) electrons. The van der Waals surface area contributed by atoms with Crippen LogP contribution in [0.3, 0.4) is 0 Å². The summed E-state index contributed by atoms with van der Waals surface area (Å²) >= 11 is 0. The molecular weight excluding hydrogens is 224 g/mol. The van der Waals surface area contributed by atoms with Crippen LogP contribution >= 0.6 is 0 Å². The zero-order chi connectivity index (χ0) is 13.0. The number of nitrogens with one attached hydrogen (secondary N) is 1. The molecule has 1 N–H and O–H groups in total. The Labute approximate surface area is 110 Å². The Kier molecular flexibility index (Phi) is 4.75. The summed E-state index contributed by atoms with van der Waals surface area (Å²) in [7, 11) is 0. The Morgan fingerprint density at radius 1 is 1.33 bits per heavy atom. The summed E-state index contributed by atoms with van der Waals surface area (Å²) in [5.41, 5.74) is 0. The smallest absolute Gasteiger partial charge is 0.141 e. The van der Waals surface area contributed by atoms with Gasteiger partial charge in [-0.05, 0) is 44.1 Å². The highest BCUT2D eigenvalue weighted by atomic mass is 15.4. The second-order valence-electron chi connectivity index (χ2n) is 6.06. The maximum Gasteiger partial charge on any atom is 0.141 e. The molecule has 4 heteroatoms. The standard InChI is InChI=1S/C14H26N4/c1-11(2)8-15-9-14-16-10-17-18(14)13-6-4-12(3)5-7-13/h10-13,15H,4-9H2,1-3H3. The molecule has 102 valence electrons. The summed E-state index contributed by atoms with van der Waals surface area (Å²) in [6.45, 7) is 8.67. The van der Waals surface area contributed by atoms with E-state index in [9.17, 15) is 0 Å². The van der Waals surface area contributed by atoms with Crippen molar-refractivity contribution >= 4 is 0 Å². The van der Waals surface area contributed by atoms with Gasteiger partial charge in [-0.1, -0.05) is 20.8 Å². The van der Waals surface area contributed by atoms with Crippen LogP contribution in [0.15, 0.2) is 6.33 Å². The van der Waals surface area contributed by atoms with Gasteiger partial charge >= 0.3 is 0 Å². The zero-order valence-corrected chi connectivity index (χ0v) is 11.9. The van der Waals surface area contributed by atoms with Crippen LogP contribution < -0.4 is 5.32 Å². The molecule has 0 spiro atoms. The number of rotatable bonds is 5. The number of hydrogen-bond acceptors (Lipinski definition) is 3. The molecule has 1 fully saturated rings. The molecule has 1 aliphatic carbocycles. The van der Waals surface area contributed by atoms with Gasteiger partial charge in [-0.25, -0.2) is 9.67 Å². The lowest BCUT2D eigenvalue weighted by Crippen LogP contribution is -2.25. The van der Waals surface area contributed by atoms with Gasteiger partial charge in [0.05, 0.1) is 12.6 Å². The van der Waals surface area contributed by atoms with Gasteiger partial charge in [0.1, 0.15) is 12.2 Å². The van der Waals surface area contributed by atoms with E-state index in [1.165, 1.54) is 25.7 Å². The molecule has 0 unspecified atom stereocenters. The Bertz CT molecular complexity index is 350. The first-order valence-corrected chi connectivity index (χ1v) is 7.26. The predicted molar refractivity (Wildman–Crippen MR) is 73.2 cm³/mol. The topological polar surface area (TPSA) is 42.7 Å². The highest BCUT2D eigenvalue weighted by molar-refractivity contribution is 4.89. The van der Waals surface area contributed by atoms with Crippen LogP contribution in [0.2, 0.25) is 0 Å². The molecule has 4 nitrogen and oxygen atoms in total. The Morgan fingerprint density at radius 3 is 2.72 bits per heavy atom. The minimum atomic E-state index is 0.569. The van der Waals surface area contributed by atoms with Crippen LogP contribution in [0.1, 0.15) is 58.3 Å². The van der Waals surface area contributed by atoms with Crippen molar-refractivity contribution in [2.75, 3.05) is 6.54 Å². The number of aromatic nitrogens is 3. The van der Waals surface area contributed by atoms with Crippen molar-refractivity contribution in [3.05, 3.63) is 12.2 Å². The number of nitrogens with zero attached hydrogens (tertiary/aromatic N) is 3. The third-order valence-electron chi connectivity index (χ3n) is 3.81. The van der Waals surface area contributed by atoms with Gasteiger partial charge in [0, 0.05) is 0 Å². The largest absolute Gasteiger partial charge is 0.310 e. The fourth-order valence-corrected chi connectivity index (χ4v) is 2.67. The second kappa shape index (κ2) is 6.32. The van der Waals surface area contributed by atoms with Gasteiger partial charge in [0.25, 0.3) is 0 Å². The van der Waals surface area contributed by atoms with E-state index >= 15 is 0 Å². The van der Waals surface area contributed by atoms with E-state index in [-0.39, 0.29) is 0 Å². The van der Waals surface area contributed by atoms with Crippen LogP contribution in [0, 0.1) is 11.8 Å². The van der Waals surface area contributed by atoms with Crippen LogP contribution in [-0.2, 0) is 6.54 Å². The molecule has 0 aromatic carbocycles. The SMILES string of the molecule is CC(C)CNCc1ncnn1C1CCC(C)CC1. The second-order valence-corrected chi connectivity index (χ2v) is 6.06. The van der Waals surface area contributed by atoms with Crippen molar-refractivity contribution in [2.45, 2.75) is 59.0 Å². The molecule has 0 saturated heterocycles. The van der Waals surface area contributed by atoms with Crippen molar-refractivity contribution in [1.82, 2.24) is 20.1 Å². The summed E-state index contributed by atoms with van der Waals surface area (Å²) in [5.74, 6) is 2.65. The van der Waals surface area contributed by atoms with E-state index in [0.29, 0.717) is 12.0 Å². The molecule has 0 atom stereocenters. The Morgan fingerprint density at radius 2 is 2.06 bits per heavy atom. The minimum absolute atomic E-state index is 0.569. The lowest BCUT2D eigenvalue weighted by Gasteiger charge is -2.27. The normalized spacial score (nSPS) is 24.7. The average molecular weight is 250 g/mol. The van der Waals surface area contributed by atoms with Crippen molar-refractivity contribution in [3.8, 4) is 0 Å². The summed E-state index contributed by atoms with van der Waals surface area (Å²) in [5, 5.41) is 7.88. The highest BCUT2D eigenvalue weighted by Crippen LogP contribution is 2.31. The van der Waals surface area contributed by atoms with Gasteiger partial charge < -0.3 is 5.32 Å².